The number of piperidine rings is 2. The van der Waals surface area contributed by atoms with E-state index >= 15 is 0 Å². The maximum Gasteiger partial charge on any atom is 0.406 e. The van der Waals surface area contributed by atoms with E-state index in [2.05, 4.69) is 36.3 Å². The van der Waals surface area contributed by atoms with Crippen molar-refractivity contribution < 1.29 is 19.4 Å². The van der Waals surface area contributed by atoms with Gasteiger partial charge in [-0.2, -0.15) is 0 Å². The normalized spacial score (nSPS) is 18.9. The van der Waals surface area contributed by atoms with E-state index in [1.807, 2.05) is 46.2 Å². The van der Waals surface area contributed by atoms with Gasteiger partial charge in [0.15, 0.2) is 0 Å². The fourth-order valence-corrected chi connectivity index (χ4v) is 7.00. The van der Waals surface area contributed by atoms with E-state index in [0.29, 0.717) is 36.9 Å². The first-order valence-corrected chi connectivity index (χ1v) is 16.5. The Morgan fingerprint density at radius 3 is 2.64 bits per heavy atom. The van der Waals surface area contributed by atoms with Crippen LogP contribution in [0.5, 0.6) is 0 Å². The average Bonchev–Trinajstić information content (AvgIpc) is 3.06. The first kappa shape index (κ1) is 33.8. The molecule has 240 valence electrons. The molecule has 2 fully saturated rings. The largest absolute Gasteiger partial charge is 0.450 e. The molecule has 4 rings (SSSR count). The summed E-state index contributed by atoms with van der Waals surface area (Å²) in [6.45, 7) is 10.4. The zero-order valence-corrected chi connectivity index (χ0v) is 27.1. The Kier molecular flexibility index (Phi) is 12.5. The smallest absolute Gasteiger partial charge is 0.406 e. The summed E-state index contributed by atoms with van der Waals surface area (Å²) < 4.78 is 5.29. The Labute approximate surface area is 267 Å². The third-order valence-corrected chi connectivity index (χ3v) is 9.53. The number of carbonyl (C=O) groups is 2. The molecule has 2 heterocycles. The van der Waals surface area contributed by atoms with Crippen LogP contribution in [0, 0.1) is 11.8 Å². The highest BCUT2D eigenvalue weighted by Crippen LogP contribution is 2.46. The molecule has 2 saturated heterocycles. The van der Waals surface area contributed by atoms with E-state index in [0.717, 1.165) is 75.0 Å². The molecule has 2 aliphatic rings. The van der Waals surface area contributed by atoms with Crippen LogP contribution in [0.15, 0.2) is 55.1 Å². The number of aryl methyl sites for hydroxylation is 1. The van der Waals surface area contributed by atoms with E-state index in [9.17, 15) is 14.7 Å². The van der Waals surface area contributed by atoms with Crippen molar-refractivity contribution in [3.63, 3.8) is 0 Å². The lowest BCUT2D eigenvalue weighted by atomic mass is 9.72. The van der Waals surface area contributed by atoms with Gasteiger partial charge in [-0.1, -0.05) is 61.0 Å². The van der Waals surface area contributed by atoms with Gasteiger partial charge in [0.05, 0.1) is 12.2 Å². The van der Waals surface area contributed by atoms with E-state index in [1.165, 1.54) is 12.6 Å². The third-order valence-electron chi connectivity index (χ3n) is 9.22. The molecule has 0 saturated carbocycles. The molecule has 2 aromatic rings. The van der Waals surface area contributed by atoms with Gasteiger partial charge < -0.3 is 30.3 Å². The van der Waals surface area contributed by atoms with E-state index < -0.39 is 11.7 Å². The molecule has 2 aliphatic heterocycles. The van der Waals surface area contributed by atoms with Crippen molar-refractivity contribution in [2.75, 3.05) is 52.9 Å². The molecule has 2 aromatic carbocycles. The van der Waals surface area contributed by atoms with Gasteiger partial charge in [0.25, 0.3) is 0 Å². The lowest BCUT2D eigenvalue weighted by molar-refractivity contribution is -0.0590. The van der Waals surface area contributed by atoms with Crippen LogP contribution >= 0.6 is 11.6 Å². The molecule has 2 atom stereocenters. The molecule has 3 N–H and O–H groups in total. The highest BCUT2D eigenvalue weighted by Gasteiger charge is 2.43. The van der Waals surface area contributed by atoms with Crippen LogP contribution in [0.3, 0.4) is 0 Å². The molecule has 0 radical (unpaired) electrons. The molecule has 3 amide bonds. The Hall–Kier alpha value is -3.07. The third kappa shape index (κ3) is 8.34. The lowest BCUT2D eigenvalue weighted by Crippen LogP contribution is -2.53. The number of amides is 3. The number of nitrogens with one attached hydrogen (secondary N) is 2. The molecule has 44 heavy (non-hydrogen) atoms. The predicted octanol–water partition coefficient (Wildman–Crippen LogP) is 6.21. The van der Waals surface area contributed by atoms with Crippen LogP contribution in [0.2, 0.25) is 5.02 Å². The molecular formula is C35H49ClN4O4. The fraction of sp³-hybridized carbons (Fsp3) is 0.543. The van der Waals surface area contributed by atoms with Crippen molar-refractivity contribution in [2.24, 2.45) is 11.8 Å². The van der Waals surface area contributed by atoms with Crippen LogP contribution in [0.1, 0.15) is 56.6 Å². The van der Waals surface area contributed by atoms with Gasteiger partial charge in [-0.3, -0.25) is 0 Å². The van der Waals surface area contributed by atoms with Crippen LogP contribution in [-0.4, -0.2) is 80.0 Å². The van der Waals surface area contributed by atoms with Crippen molar-refractivity contribution in [2.45, 2.75) is 57.5 Å². The minimum absolute atomic E-state index is 0.0551. The Bertz CT molecular complexity index is 1270. The molecule has 8 nitrogen and oxygen atoms in total. The van der Waals surface area contributed by atoms with Crippen LogP contribution in [0.25, 0.3) is 11.1 Å². The minimum Gasteiger partial charge on any atom is -0.450 e. The first-order valence-electron chi connectivity index (χ1n) is 16.1. The summed E-state index contributed by atoms with van der Waals surface area (Å²) in [6, 6.07) is 14.0. The van der Waals surface area contributed by atoms with Crippen molar-refractivity contribution in [3.8, 4) is 11.1 Å². The maximum absolute atomic E-state index is 13.8. The van der Waals surface area contributed by atoms with Gasteiger partial charge in [0, 0.05) is 56.3 Å². The predicted molar refractivity (Wildman–Crippen MR) is 177 cm³/mol. The highest BCUT2D eigenvalue weighted by molar-refractivity contribution is 6.33. The maximum atomic E-state index is 13.8. The van der Waals surface area contributed by atoms with E-state index in [1.54, 1.807) is 0 Å². The van der Waals surface area contributed by atoms with Crippen molar-refractivity contribution in [1.82, 2.24) is 20.4 Å². The van der Waals surface area contributed by atoms with Crippen molar-refractivity contribution >= 4 is 23.7 Å². The minimum atomic E-state index is -1.29. The summed E-state index contributed by atoms with van der Waals surface area (Å²) in [7, 11) is 1.53. The molecule has 9 heteroatoms. The summed E-state index contributed by atoms with van der Waals surface area (Å²) in [5.41, 5.74) is 2.42. The Morgan fingerprint density at radius 2 is 1.91 bits per heavy atom. The van der Waals surface area contributed by atoms with E-state index in [4.69, 9.17) is 16.3 Å². The van der Waals surface area contributed by atoms with Crippen molar-refractivity contribution in [1.29, 1.82) is 0 Å². The molecule has 0 bridgehead atoms. The number of hydrogen-bond acceptors (Lipinski definition) is 5. The lowest BCUT2D eigenvalue weighted by Gasteiger charge is -2.45. The van der Waals surface area contributed by atoms with E-state index in [-0.39, 0.29) is 18.6 Å². The van der Waals surface area contributed by atoms with Gasteiger partial charge in [0.1, 0.15) is 0 Å². The average molecular weight is 625 g/mol. The number of urea groups is 1. The molecule has 0 aromatic heterocycles. The van der Waals surface area contributed by atoms with Crippen LogP contribution < -0.4 is 10.6 Å². The number of benzene rings is 2. The Balaban J connectivity index is 1.58. The van der Waals surface area contributed by atoms with Gasteiger partial charge >= 0.3 is 12.1 Å². The summed E-state index contributed by atoms with van der Waals surface area (Å²) in [6.07, 6.45) is 6.61. The quantitative estimate of drug-likeness (QED) is 0.193. The molecular weight excluding hydrogens is 576 g/mol. The number of halogens is 1. The standard InChI is InChI=1S/C35H49ClN4O4/c1-4-18-38-24-27-15-20-39(21-16-27)34(42)40-19-8-12-29(25-40)35(43,17-9-22-44-33(41)37-3)30-13-7-14-31(36)32(30)28-11-6-10-26(5-2)23-28/h4,6-7,10-11,13-14,23,27,29,38,43H,1,5,8-9,12,15-22,24-25H2,2-3H3,(H,37,41)/t29-,35+/m1/s1. The number of ether oxygens (including phenoxy) is 1. The number of alkyl carbamates (subject to hydrolysis) is 1. The second-order valence-corrected chi connectivity index (χ2v) is 12.5. The second kappa shape index (κ2) is 16.3. The fourth-order valence-electron chi connectivity index (χ4n) is 6.72. The van der Waals surface area contributed by atoms with Crippen molar-refractivity contribution in [3.05, 3.63) is 71.3 Å². The summed E-state index contributed by atoms with van der Waals surface area (Å²) in [4.78, 5) is 29.4. The molecule has 0 aliphatic carbocycles. The Morgan fingerprint density at radius 1 is 1.14 bits per heavy atom. The molecule has 0 spiro atoms. The number of aliphatic hydroxyl groups is 1. The van der Waals surface area contributed by atoms with Gasteiger partial charge in [-0.15, -0.1) is 6.58 Å². The van der Waals surface area contributed by atoms with Crippen LogP contribution in [-0.2, 0) is 16.8 Å². The van der Waals surface area contributed by atoms with Crippen LogP contribution in [0.4, 0.5) is 9.59 Å². The number of hydrogen-bond donors (Lipinski definition) is 3. The zero-order valence-electron chi connectivity index (χ0n) is 26.3. The summed E-state index contributed by atoms with van der Waals surface area (Å²) >= 11 is 6.89. The number of nitrogens with zero attached hydrogens (tertiary/aromatic N) is 2. The monoisotopic (exact) mass is 624 g/mol. The SMILES string of the molecule is C=CCNCC1CCN(C(=O)N2CCC[C@@H]([C@@](O)(CCCOC(=O)NC)c3cccc(Cl)c3-c3cccc(CC)c3)C2)CC1. The first-order chi connectivity index (χ1) is 21.3. The summed E-state index contributed by atoms with van der Waals surface area (Å²) in [5.74, 6) is 0.343. The number of carbonyl (C=O) groups excluding carboxylic acids is 2. The number of likely N-dealkylation sites (tertiary alicyclic amines) is 2. The summed E-state index contributed by atoms with van der Waals surface area (Å²) in [5, 5.41) is 19.2. The molecule has 0 unspecified atom stereocenters. The van der Waals surface area contributed by atoms with Gasteiger partial charge in [-0.05, 0) is 80.2 Å². The topological polar surface area (TPSA) is 94.1 Å². The zero-order chi connectivity index (χ0) is 31.5. The number of rotatable bonds is 12. The second-order valence-electron chi connectivity index (χ2n) is 12.1. The van der Waals surface area contributed by atoms with Gasteiger partial charge in [-0.25, -0.2) is 9.59 Å². The highest BCUT2D eigenvalue weighted by atomic mass is 35.5. The van der Waals surface area contributed by atoms with Gasteiger partial charge in [0.2, 0.25) is 0 Å².